The molecule has 0 spiro atoms. The summed E-state index contributed by atoms with van der Waals surface area (Å²) in [6.45, 7) is 0.301. The van der Waals surface area contributed by atoms with Crippen molar-refractivity contribution in [3.8, 4) is 0 Å². The summed E-state index contributed by atoms with van der Waals surface area (Å²) in [6, 6.07) is 16.8. The predicted molar refractivity (Wildman–Crippen MR) is 103 cm³/mol. The number of hydrogen-bond acceptors (Lipinski definition) is 2. The van der Waals surface area contributed by atoms with Crippen LogP contribution in [0.4, 0.5) is 9.18 Å². The van der Waals surface area contributed by atoms with Crippen LogP contribution in [-0.2, 0) is 17.8 Å². The molecule has 2 aromatic carbocycles. The predicted octanol–water partition coefficient (Wildman–Crippen LogP) is 5.26. The standard InChI is InChI=1S/C23H24FNO2/c24-20-9-4-8-18(13-20)12-19-14-21-10-5-11-22(15-19)25(21)23(26)27-16-17-6-2-1-3-7-17/h1-4,6-9,13-14,21-22H,5,10-12,15-16H2. The fourth-order valence-corrected chi connectivity index (χ4v) is 4.24. The van der Waals surface area contributed by atoms with Crippen molar-refractivity contribution in [2.75, 3.05) is 0 Å². The van der Waals surface area contributed by atoms with E-state index in [9.17, 15) is 9.18 Å². The number of rotatable bonds is 4. The van der Waals surface area contributed by atoms with E-state index >= 15 is 0 Å². The van der Waals surface area contributed by atoms with Crippen molar-refractivity contribution in [2.45, 2.75) is 50.8 Å². The Labute approximate surface area is 159 Å². The van der Waals surface area contributed by atoms with Gasteiger partial charge < -0.3 is 4.74 Å². The molecule has 0 N–H and O–H groups in total. The molecule has 2 atom stereocenters. The van der Waals surface area contributed by atoms with E-state index in [0.29, 0.717) is 6.61 Å². The van der Waals surface area contributed by atoms with Crippen LogP contribution in [0.2, 0.25) is 0 Å². The quantitative estimate of drug-likeness (QED) is 0.692. The minimum atomic E-state index is -0.227. The Morgan fingerprint density at radius 1 is 1.07 bits per heavy atom. The van der Waals surface area contributed by atoms with Crippen LogP contribution >= 0.6 is 0 Å². The molecular formula is C23H24FNO2. The zero-order valence-electron chi connectivity index (χ0n) is 15.3. The van der Waals surface area contributed by atoms with Gasteiger partial charge in [-0.2, -0.15) is 0 Å². The number of ether oxygens (including phenoxy) is 1. The van der Waals surface area contributed by atoms with Crippen LogP contribution in [0.5, 0.6) is 0 Å². The minimum Gasteiger partial charge on any atom is -0.445 e. The van der Waals surface area contributed by atoms with Crippen molar-refractivity contribution in [2.24, 2.45) is 0 Å². The molecule has 1 amide bonds. The van der Waals surface area contributed by atoms with Gasteiger partial charge in [0.05, 0.1) is 6.04 Å². The maximum atomic E-state index is 13.5. The van der Waals surface area contributed by atoms with Crippen LogP contribution in [0.25, 0.3) is 0 Å². The number of nitrogens with zero attached hydrogens (tertiary/aromatic N) is 1. The topological polar surface area (TPSA) is 29.5 Å². The van der Waals surface area contributed by atoms with Gasteiger partial charge in [-0.3, -0.25) is 4.90 Å². The molecule has 2 aliphatic rings. The van der Waals surface area contributed by atoms with E-state index in [1.54, 1.807) is 12.1 Å². The molecule has 2 unspecified atom stereocenters. The van der Waals surface area contributed by atoms with Gasteiger partial charge in [0, 0.05) is 6.04 Å². The van der Waals surface area contributed by atoms with E-state index in [1.165, 1.54) is 11.6 Å². The summed E-state index contributed by atoms with van der Waals surface area (Å²) in [5.74, 6) is -0.199. The van der Waals surface area contributed by atoms with E-state index in [1.807, 2.05) is 41.3 Å². The number of carbonyl (C=O) groups is 1. The lowest BCUT2D eigenvalue weighted by molar-refractivity contribution is 0.0481. The Balaban J connectivity index is 1.44. The Morgan fingerprint density at radius 3 is 2.67 bits per heavy atom. The highest BCUT2D eigenvalue weighted by molar-refractivity contribution is 5.69. The molecule has 0 saturated carbocycles. The highest BCUT2D eigenvalue weighted by atomic mass is 19.1. The molecule has 0 radical (unpaired) electrons. The van der Waals surface area contributed by atoms with E-state index in [4.69, 9.17) is 4.74 Å². The van der Waals surface area contributed by atoms with Crippen molar-refractivity contribution in [1.29, 1.82) is 0 Å². The van der Waals surface area contributed by atoms with E-state index in [-0.39, 0.29) is 24.0 Å². The van der Waals surface area contributed by atoms with Gasteiger partial charge in [0.25, 0.3) is 0 Å². The van der Waals surface area contributed by atoms with Crippen molar-refractivity contribution in [1.82, 2.24) is 4.90 Å². The molecule has 2 aromatic rings. The van der Waals surface area contributed by atoms with Gasteiger partial charge in [-0.15, -0.1) is 0 Å². The second-order valence-electron chi connectivity index (χ2n) is 7.44. The normalized spacial score (nSPS) is 21.5. The SMILES string of the molecule is O=C(OCc1ccccc1)N1C2C=C(Cc3cccc(F)c3)CC1CCC2. The largest absolute Gasteiger partial charge is 0.445 e. The third-order valence-corrected chi connectivity index (χ3v) is 5.45. The monoisotopic (exact) mass is 365 g/mol. The molecule has 4 rings (SSSR count). The molecule has 2 heterocycles. The van der Waals surface area contributed by atoms with Crippen LogP contribution < -0.4 is 0 Å². The molecule has 0 aromatic heterocycles. The van der Waals surface area contributed by atoms with Crippen molar-refractivity contribution >= 4 is 6.09 Å². The number of benzene rings is 2. The Morgan fingerprint density at radius 2 is 1.89 bits per heavy atom. The van der Waals surface area contributed by atoms with Gasteiger partial charge >= 0.3 is 6.09 Å². The Kier molecular flexibility index (Phi) is 5.23. The second-order valence-corrected chi connectivity index (χ2v) is 7.44. The Bertz CT molecular complexity index is 833. The summed E-state index contributed by atoms with van der Waals surface area (Å²) in [7, 11) is 0. The van der Waals surface area contributed by atoms with Crippen molar-refractivity contribution in [3.05, 3.63) is 83.2 Å². The van der Waals surface area contributed by atoms with Gasteiger partial charge in [-0.25, -0.2) is 9.18 Å². The molecule has 3 nitrogen and oxygen atoms in total. The second kappa shape index (κ2) is 7.95. The van der Waals surface area contributed by atoms with Crippen LogP contribution in [0.3, 0.4) is 0 Å². The maximum Gasteiger partial charge on any atom is 0.410 e. The summed E-state index contributed by atoms with van der Waals surface area (Å²) in [4.78, 5) is 14.6. The number of halogens is 1. The first-order valence-corrected chi connectivity index (χ1v) is 9.62. The summed E-state index contributed by atoms with van der Waals surface area (Å²) in [5, 5.41) is 0. The van der Waals surface area contributed by atoms with Gasteiger partial charge in [0.1, 0.15) is 12.4 Å². The average Bonchev–Trinajstić information content (AvgIpc) is 2.66. The molecule has 2 bridgehead atoms. The molecular weight excluding hydrogens is 341 g/mol. The Hall–Kier alpha value is -2.62. The third-order valence-electron chi connectivity index (χ3n) is 5.45. The smallest absolute Gasteiger partial charge is 0.410 e. The van der Waals surface area contributed by atoms with Crippen LogP contribution in [0.15, 0.2) is 66.2 Å². The van der Waals surface area contributed by atoms with E-state index < -0.39 is 0 Å². The number of piperidine rings is 1. The van der Waals surface area contributed by atoms with E-state index in [0.717, 1.165) is 43.2 Å². The molecule has 0 aliphatic carbocycles. The maximum absolute atomic E-state index is 13.5. The third kappa shape index (κ3) is 4.21. The van der Waals surface area contributed by atoms with Crippen LogP contribution in [0, 0.1) is 5.82 Å². The number of hydrogen-bond donors (Lipinski definition) is 0. The number of fused-ring (bicyclic) bond motifs is 2. The van der Waals surface area contributed by atoms with Crippen LogP contribution in [-0.4, -0.2) is 23.1 Å². The zero-order chi connectivity index (χ0) is 18.6. The molecule has 140 valence electrons. The lowest BCUT2D eigenvalue weighted by Gasteiger charge is -2.44. The van der Waals surface area contributed by atoms with Crippen molar-refractivity contribution in [3.63, 3.8) is 0 Å². The first-order chi connectivity index (χ1) is 13.2. The lowest BCUT2D eigenvalue weighted by atomic mass is 9.83. The van der Waals surface area contributed by atoms with Gasteiger partial charge in [-0.1, -0.05) is 54.1 Å². The molecule has 2 aliphatic heterocycles. The summed E-state index contributed by atoms with van der Waals surface area (Å²) < 4.78 is 19.0. The highest BCUT2D eigenvalue weighted by Crippen LogP contribution is 2.35. The fraction of sp³-hybridized carbons (Fsp3) is 0.348. The fourth-order valence-electron chi connectivity index (χ4n) is 4.24. The molecule has 1 saturated heterocycles. The highest BCUT2D eigenvalue weighted by Gasteiger charge is 2.37. The van der Waals surface area contributed by atoms with Gasteiger partial charge in [-0.05, 0) is 55.4 Å². The number of carbonyl (C=O) groups excluding carboxylic acids is 1. The first-order valence-electron chi connectivity index (χ1n) is 9.62. The molecule has 4 heteroatoms. The van der Waals surface area contributed by atoms with Gasteiger partial charge in [0.15, 0.2) is 0 Å². The van der Waals surface area contributed by atoms with Gasteiger partial charge in [0.2, 0.25) is 0 Å². The summed E-state index contributed by atoms with van der Waals surface area (Å²) in [5.41, 5.74) is 3.28. The lowest BCUT2D eigenvalue weighted by Crippen LogP contribution is -2.52. The minimum absolute atomic E-state index is 0.0873. The van der Waals surface area contributed by atoms with Crippen molar-refractivity contribution < 1.29 is 13.9 Å². The summed E-state index contributed by atoms with van der Waals surface area (Å²) in [6.07, 6.45) is 6.65. The average molecular weight is 365 g/mol. The molecule has 1 fully saturated rings. The first kappa shape index (κ1) is 17.8. The molecule has 27 heavy (non-hydrogen) atoms. The van der Waals surface area contributed by atoms with E-state index in [2.05, 4.69) is 6.08 Å². The number of amides is 1. The zero-order valence-corrected chi connectivity index (χ0v) is 15.3. The van der Waals surface area contributed by atoms with Crippen LogP contribution in [0.1, 0.15) is 36.8 Å². The summed E-state index contributed by atoms with van der Waals surface area (Å²) >= 11 is 0.